The zero-order valence-corrected chi connectivity index (χ0v) is 18.2. The Morgan fingerprint density at radius 3 is 2.50 bits per heavy atom. The summed E-state index contributed by atoms with van der Waals surface area (Å²) in [4.78, 5) is 31.5. The first-order valence-electron chi connectivity index (χ1n) is 10.8. The number of fused-ring (bicyclic) bond motifs is 1. The van der Waals surface area contributed by atoms with Gasteiger partial charge in [-0.25, -0.2) is 13.2 Å². The molecule has 2 atom stereocenters. The molecule has 1 saturated carbocycles. The topological polar surface area (TPSA) is 62.3 Å². The number of hydrogen-bond acceptors (Lipinski definition) is 4. The van der Waals surface area contributed by atoms with Crippen molar-refractivity contribution in [3.05, 3.63) is 101 Å². The maximum Gasteiger partial charge on any atom is 0.254 e. The first-order chi connectivity index (χ1) is 16.3. The van der Waals surface area contributed by atoms with Gasteiger partial charge >= 0.3 is 0 Å². The highest BCUT2D eigenvalue weighted by molar-refractivity contribution is 6.22. The third kappa shape index (κ3) is 3.96. The van der Waals surface area contributed by atoms with Gasteiger partial charge in [-0.15, -0.1) is 0 Å². The standard InChI is InChI=1S/C26H20F3N3O2/c1-14-24(19-5-2-6-22(29)21(19)13-32(14)18-4-3-7-30-12-18)26(34)31-25(20-11-23(20)33)15-8-16(27)10-17(28)9-15/h2-10,12,20,25H,11,13H2,1H3,(H,31,34)/t20?,25-/m1/s1. The van der Waals surface area contributed by atoms with Crippen LogP contribution in [-0.2, 0) is 16.1 Å². The number of carbonyl (C=O) groups is 2. The van der Waals surface area contributed by atoms with Crippen LogP contribution in [0.2, 0.25) is 0 Å². The molecule has 3 aromatic rings. The Kier molecular flexibility index (Phi) is 5.43. The smallest absolute Gasteiger partial charge is 0.254 e. The molecule has 0 radical (unpaired) electrons. The Bertz CT molecular complexity index is 1320. The van der Waals surface area contributed by atoms with Gasteiger partial charge in [0.2, 0.25) is 0 Å². The first kappa shape index (κ1) is 21.9. The minimum absolute atomic E-state index is 0.104. The molecule has 34 heavy (non-hydrogen) atoms. The number of amides is 1. The van der Waals surface area contributed by atoms with Crippen molar-refractivity contribution >= 4 is 23.0 Å². The van der Waals surface area contributed by atoms with E-state index in [0.717, 1.165) is 18.2 Å². The summed E-state index contributed by atoms with van der Waals surface area (Å²) in [6, 6.07) is 10.1. The van der Waals surface area contributed by atoms with Gasteiger partial charge in [0.15, 0.2) is 0 Å². The quantitative estimate of drug-likeness (QED) is 0.596. The van der Waals surface area contributed by atoms with Crippen LogP contribution >= 0.6 is 0 Å². The van der Waals surface area contributed by atoms with E-state index < -0.39 is 35.3 Å². The lowest BCUT2D eigenvalue weighted by molar-refractivity contribution is -0.116. The van der Waals surface area contributed by atoms with Crippen molar-refractivity contribution in [2.24, 2.45) is 5.92 Å². The number of benzene rings is 2. The highest BCUT2D eigenvalue weighted by Crippen LogP contribution is 2.40. The minimum atomic E-state index is -0.906. The van der Waals surface area contributed by atoms with E-state index in [1.54, 1.807) is 42.4 Å². The van der Waals surface area contributed by atoms with Gasteiger partial charge in [-0.05, 0) is 48.4 Å². The lowest BCUT2D eigenvalue weighted by Crippen LogP contribution is -2.36. The normalized spacial score (nSPS) is 17.9. The van der Waals surface area contributed by atoms with Gasteiger partial charge in [0.1, 0.15) is 23.2 Å². The van der Waals surface area contributed by atoms with E-state index in [9.17, 15) is 22.8 Å². The molecular formula is C26H20F3N3O2. The summed E-state index contributed by atoms with van der Waals surface area (Å²) in [6.07, 6.45) is 3.43. The second-order valence-electron chi connectivity index (χ2n) is 8.45. The van der Waals surface area contributed by atoms with Crippen molar-refractivity contribution in [2.75, 3.05) is 4.90 Å². The fraction of sp³-hybridized carbons (Fsp3) is 0.192. The number of anilines is 1. The average molecular weight is 463 g/mol. The number of hydrogen-bond donors (Lipinski definition) is 1. The Morgan fingerprint density at radius 2 is 1.85 bits per heavy atom. The van der Waals surface area contributed by atoms with Crippen LogP contribution in [0.4, 0.5) is 18.9 Å². The molecule has 2 heterocycles. The summed E-state index contributed by atoms with van der Waals surface area (Å²) in [5, 5.41) is 2.80. The van der Waals surface area contributed by atoms with Crippen LogP contribution in [0.5, 0.6) is 0 Å². The van der Waals surface area contributed by atoms with Gasteiger partial charge in [0.05, 0.1) is 30.0 Å². The number of halogens is 3. The zero-order valence-electron chi connectivity index (χ0n) is 18.2. The molecule has 5 rings (SSSR count). The maximum atomic E-state index is 14.8. The summed E-state index contributed by atoms with van der Waals surface area (Å²) in [7, 11) is 0. The molecule has 1 aromatic heterocycles. The largest absolute Gasteiger partial charge is 0.344 e. The Morgan fingerprint density at radius 1 is 1.12 bits per heavy atom. The molecule has 5 nitrogen and oxygen atoms in total. The highest BCUT2D eigenvalue weighted by atomic mass is 19.1. The molecule has 8 heteroatoms. The van der Waals surface area contributed by atoms with Crippen LogP contribution in [0.25, 0.3) is 5.57 Å². The van der Waals surface area contributed by atoms with Crippen molar-refractivity contribution in [2.45, 2.75) is 25.9 Å². The van der Waals surface area contributed by atoms with E-state index in [1.165, 1.54) is 12.1 Å². The maximum absolute atomic E-state index is 14.8. The third-order valence-corrected chi connectivity index (χ3v) is 6.26. The van der Waals surface area contributed by atoms with Crippen LogP contribution in [0, 0.1) is 23.4 Å². The van der Waals surface area contributed by atoms with E-state index in [2.05, 4.69) is 10.3 Å². The van der Waals surface area contributed by atoms with Crippen LogP contribution < -0.4 is 10.2 Å². The lowest BCUT2D eigenvalue weighted by atomic mass is 9.91. The molecule has 1 aliphatic carbocycles. The van der Waals surface area contributed by atoms with E-state index in [-0.39, 0.29) is 29.9 Å². The number of carbonyl (C=O) groups excluding carboxylic acids is 2. The van der Waals surface area contributed by atoms with Crippen LogP contribution in [0.1, 0.15) is 36.1 Å². The molecular weight excluding hydrogens is 443 g/mol. The third-order valence-electron chi connectivity index (χ3n) is 6.26. The number of Topliss-reactive ketones (excluding diaryl/α,β-unsaturated/α-hetero) is 1. The number of allylic oxidation sites excluding steroid dienone is 1. The molecule has 1 amide bonds. The van der Waals surface area contributed by atoms with E-state index in [1.807, 2.05) is 0 Å². The Labute approximate surface area is 193 Å². The molecule has 0 spiro atoms. The number of ketones is 1. The number of pyridine rings is 1. The summed E-state index contributed by atoms with van der Waals surface area (Å²) in [5.41, 5.74) is 2.41. The predicted molar refractivity (Wildman–Crippen MR) is 120 cm³/mol. The summed E-state index contributed by atoms with van der Waals surface area (Å²) in [6.45, 7) is 1.95. The van der Waals surface area contributed by atoms with Crippen molar-refractivity contribution < 1.29 is 22.8 Å². The molecule has 0 bridgehead atoms. The monoisotopic (exact) mass is 463 g/mol. The minimum Gasteiger partial charge on any atom is -0.344 e. The molecule has 2 aromatic carbocycles. The SMILES string of the molecule is CC1=C(C(=O)N[C@H](c2cc(F)cc(F)c2)C2CC2=O)c2cccc(F)c2CN1c1cccnc1. The predicted octanol–water partition coefficient (Wildman–Crippen LogP) is 4.70. The molecule has 172 valence electrons. The first-order valence-corrected chi connectivity index (χ1v) is 10.8. The fourth-order valence-electron chi connectivity index (χ4n) is 4.49. The summed E-state index contributed by atoms with van der Waals surface area (Å²) < 4.78 is 42.6. The van der Waals surface area contributed by atoms with Gasteiger partial charge in [-0.1, -0.05) is 12.1 Å². The number of nitrogens with one attached hydrogen (secondary N) is 1. The van der Waals surface area contributed by atoms with Gasteiger partial charge in [0, 0.05) is 35.9 Å². The van der Waals surface area contributed by atoms with Crippen molar-refractivity contribution in [3.8, 4) is 0 Å². The second kappa shape index (κ2) is 8.44. The fourth-order valence-corrected chi connectivity index (χ4v) is 4.49. The van der Waals surface area contributed by atoms with E-state index in [4.69, 9.17) is 0 Å². The molecule has 1 fully saturated rings. The van der Waals surface area contributed by atoms with Gasteiger partial charge in [-0.2, -0.15) is 0 Å². The Hall–Kier alpha value is -3.94. The van der Waals surface area contributed by atoms with E-state index >= 15 is 0 Å². The molecule has 1 aliphatic heterocycles. The van der Waals surface area contributed by atoms with Gasteiger partial charge < -0.3 is 10.2 Å². The van der Waals surface area contributed by atoms with Crippen molar-refractivity contribution in [1.82, 2.24) is 10.3 Å². The number of nitrogens with zero attached hydrogens (tertiary/aromatic N) is 2. The molecule has 0 saturated heterocycles. The summed E-state index contributed by atoms with van der Waals surface area (Å²) >= 11 is 0. The van der Waals surface area contributed by atoms with Crippen LogP contribution in [0.3, 0.4) is 0 Å². The average Bonchev–Trinajstić information content (AvgIpc) is 3.53. The summed E-state index contributed by atoms with van der Waals surface area (Å²) in [5.74, 6) is -3.29. The number of aromatic nitrogens is 1. The van der Waals surface area contributed by atoms with Crippen LogP contribution in [0.15, 0.2) is 66.6 Å². The molecule has 2 aliphatic rings. The van der Waals surface area contributed by atoms with E-state index in [0.29, 0.717) is 22.5 Å². The van der Waals surface area contributed by atoms with Gasteiger partial charge in [0.25, 0.3) is 5.91 Å². The van der Waals surface area contributed by atoms with Crippen molar-refractivity contribution in [3.63, 3.8) is 0 Å². The second-order valence-corrected chi connectivity index (χ2v) is 8.45. The molecule has 1 N–H and O–H groups in total. The Balaban J connectivity index is 1.57. The highest BCUT2D eigenvalue weighted by Gasteiger charge is 2.44. The van der Waals surface area contributed by atoms with Gasteiger partial charge in [-0.3, -0.25) is 14.6 Å². The number of rotatable bonds is 5. The lowest BCUT2D eigenvalue weighted by Gasteiger charge is -2.33. The van der Waals surface area contributed by atoms with Crippen LogP contribution in [-0.4, -0.2) is 16.7 Å². The molecule has 1 unspecified atom stereocenters. The zero-order chi connectivity index (χ0) is 24.0. The van der Waals surface area contributed by atoms with Crippen molar-refractivity contribution in [1.29, 1.82) is 0 Å².